The number of nitrogens with zero attached hydrogens (tertiary/aromatic N) is 2. The minimum absolute atomic E-state index is 0.431. The first kappa shape index (κ1) is 16.3. The van der Waals surface area contributed by atoms with Crippen molar-refractivity contribution in [2.24, 2.45) is 0 Å². The molecule has 0 radical (unpaired) electrons. The highest BCUT2D eigenvalue weighted by molar-refractivity contribution is 5.60. The van der Waals surface area contributed by atoms with Crippen molar-refractivity contribution in [2.45, 2.75) is 18.9 Å². The fourth-order valence-corrected chi connectivity index (χ4v) is 2.16. The summed E-state index contributed by atoms with van der Waals surface area (Å²) in [5.74, 6) is 2.59. The third kappa shape index (κ3) is 4.48. The van der Waals surface area contributed by atoms with Crippen LogP contribution in [0, 0.1) is 0 Å². The summed E-state index contributed by atoms with van der Waals surface area (Å²) in [6, 6.07) is 7.40. The van der Waals surface area contributed by atoms with Crippen LogP contribution >= 0.6 is 0 Å². The van der Waals surface area contributed by atoms with E-state index in [1.165, 1.54) is 0 Å². The van der Waals surface area contributed by atoms with Crippen LogP contribution in [-0.2, 0) is 4.74 Å². The molecule has 7 heteroatoms. The Labute approximate surface area is 141 Å². The average molecular weight is 330 g/mol. The number of aromatic nitrogens is 2. The lowest BCUT2D eigenvalue weighted by Crippen LogP contribution is -2.08. The van der Waals surface area contributed by atoms with Gasteiger partial charge in [-0.25, -0.2) is 4.98 Å². The molecule has 7 nitrogen and oxygen atoms in total. The van der Waals surface area contributed by atoms with E-state index in [-0.39, 0.29) is 0 Å². The van der Waals surface area contributed by atoms with E-state index in [1.807, 2.05) is 25.2 Å². The second-order valence-corrected chi connectivity index (χ2v) is 5.42. The van der Waals surface area contributed by atoms with Crippen molar-refractivity contribution in [1.82, 2.24) is 9.97 Å². The van der Waals surface area contributed by atoms with E-state index in [4.69, 9.17) is 14.2 Å². The van der Waals surface area contributed by atoms with Gasteiger partial charge in [0.05, 0.1) is 19.8 Å². The van der Waals surface area contributed by atoms with Gasteiger partial charge in [0.25, 0.3) is 0 Å². The van der Waals surface area contributed by atoms with E-state index in [1.54, 1.807) is 19.4 Å². The maximum absolute atomic E-state index is 5.79. The molecule has 1 heterocycles. The van der Waals surface area contributed by atoms with Crippen LogP contribution in [0.4, 0.5) is 17.5 Å². The summed E-state index contributed by atoms with van der Waals surface area (Å²) < 4.78 is 16.7. The SMILES string of the molecule is CNc1ccnc(Nc2ccc(OC)c(OCCOC3CC3)c2)n1. The minimum Gasteiger partial charge on any atom is -0.493 e. The molecule has 1 aliphatic rings. The lowest BCUT2D eigenvalue weighted by molar-refractivity contribution is 0.0872. The van der Waals surface area contributed by atoms with Crippen molar-refractivity contribution >= 4 is 17.5 Å². The van der Waals surface area contributed by atoms with Gasteiger partial charge in [-0.15, -0.1) is 0 Å². The Bertz CT molecular complexity index is 677. The Kier molecular flexibility index (Phi) is 5.32. The van der Waals surface area contributed by atoms with Crippen LogP contribution in [0.3, 0.4) is 0 Å². The highest BCUT2D eigenvalue weighted by Gasteiger charge is 2.21. The Balaban J connectivity index is 1.65. The summed E-state index contributed by atoms with van der Waals surface area (Å²) in [4.78, 5) is 8.54. The predicted molar refractivity (Wildman–Crippen MR) is 92.3 cm³/mol. The summed E-state index contributed by atoms with van der Waals surface area (Å²) in [5.41, 5.74) is 0.821. The largest absolute Gasteiger partial charge is 0.493 e. The van der Waals surface area contributed by atoms with E-state index < -0.39 is 0 Å². The standard InChI is InChI=1S/C17H22N4O3/c1-18-16-7-8-19-17(21-16)20-12-3-6-14(22-2)15(11-12)24-10-9-23-13-4-5-13/h3,6-8,11,13H,4-5,9-10H2,1-2H3,(H2,18,19,20,21). The smallest absolute Gasteiger partial charge is 0.229 e. The molecule has 3 rings (SSSR count). The first-order valence-corrected chi connectivity index (χ1v) is 7.99. The van der Waals surface area contributed by atoms with Crippen LogP contribution in [0.5, 0.6) is 11.5 Å². The molecule has 0 unspecified atom stereocenters. The molecule has 1 fully saturated rings. The number of methoxy groups -OCH3 is 1. The molecule has 0 amide bonds. The monoisotopic (exact) mass is 330 g/mol. The molecular formula is C17H22N4O3. The van der Waals surface area contributed by atoms with Crippen LogP contribution in [0.1, 0.15) is 12.8 Å². The zero-order valence-corrected chi connectivity index (χ0v) is 13.9. The van der Waals surface area contributed by atoms with Gasteiger partial charge in [-0.1, -0.05) is 0 Å². The van der Waals surface area contributed by atoms with Gasteiger partial charge in [-0.3, -0.25) is 0 Å². The second-order valence-electron chi connectivity index (χ2n) is 5.42. The Morgan fingerprint density at radius 2 is 2.04 bits per heavy atom. The van der Waals surface area contributed by atoms with Gasteiger partial charge < -0.3 is 24.8 Å². The van der Waals surface area contributed by atoms with Crippen LogP contribution in [0.25, 0.3) is 0 Å². The highest BCUT2D eigenvalue weighted by atomic mass is 16.5. The second kappa shape index (κ2) is 7.83. The zero-order chi connectivity index (χ0) is 16.8. The van der Waals surface area contributed by atoms with Gasteiger partial charge in [0.1, 0.15) is 12.4 Å². The number of benzene rings is 1. The summed E-state index contributed by atoms with van der Waals surface area (Å²) in [6.45, 7) is 1.07. The molecule has 0 spiro atoms. The number of ether oxygens (including phenoxy) is 3. The van der Waals surface area contributed by atoms with E-state index in [2.05, 4.69) is 20.6 Å². The van der Waals surface area contributed by atoms with Crippen molar-refractivity contribution < 1.29 is 14.2 Å². The summed E-state index contributed by atoms with van der Waals surface area (Å²) >= 11 is 0. The van der Waals surface area contributed by atoms with Crippen molar-refractivity contribution in [3.63, 3.8) is 0 Å². The minimum atomic E-state index is 0.431. The van der Waals surface area contributed by atoms with Crippen molar-refractivity contribution in [3.05, 3.63) is 30.5 Å². The molecule has 0 atom stereocenters. The van der Waals surface area contributed by atoms with Crippen LogP contribution in [0.2, 0.25) is 0 Å². The van der Waals surface area contributed by atoms with Gasteiger partial charge >= 0.3 is 0 Å². The molecule has 0 saturated heterocycles. The molecule has 2 N–H and O–H groups in total. The predicted octanol–water partition coefficient (Wildman–Crippen LogP) is 2.83. The van der Waals surface area contributed by atoms with Gasteiger partial charge in [0.2, 0.25) is 5.95 Å². The topological polar surface area (TPSA) is 77.5 Å². The number of hydrogen-bond donors (Lipinski definition) is 2. The summed E-state index contributed by atoms with van der Waals surface area (Å²) in [7, 11) is 3.44. The Hall–Kier alpha value is -2.54. The molecule has 2 aromatic rings. The van der Waals surface area contributed by atoms with Gasteiger partial charge in [-0.05, 0) is 31.0 Å². The Morgan fingerprint density at radius 1 is 1.17 bits per heavy atom. The number of hydrogen-bond acceptors (Lipinski definition) is 7. The van der Waals surface area contributed by atoms with E-state index in [0.29, 0.717) is 36.8 Å². The molecule has 1 aromatic carbocycles. The van der Waals surface area contributed by atoms with E-state index in [0.717, 1.165) is 24.3 Å². The normalized spacial score (nSPS) is 13.4. The maximum atomic E-state index is 5.79. The number of nitrogens with one attached hydrogen (secondary N) is 2. The van der Waals surface area contributed by atoms with E-state index >= 15 is 0 Å². The van der Waals surface area contributed by atoms with Gasteiger partial charge in [0.15, 0.2) is 11.5 Å². The quantitative estimate of drug-likeness (QED) is 0.685. The van der Waals surface area contributed by atoms with Crippen molar-refractivity contribution in [3.8, 4) is 11.5 Å². The fraction of sp³-hybridized carbons (Fsp3) is 0.412. The summed E-state index contributed by atoms with van der Waals surface area (Å²) in [5, 5.41) is 6.14. The molecule has 1 saturated carbocycles. The van der Waals surface area contributed by atoms with Crippen molar-refractivity contribution in [2.75, 3.05) is 38.0 Å². The fourth-order valence-electron chi connectivity index (χ4n) is 2.16. The molecule has 1 aliphatic carbocycles. The van der Waals surface area contributed by atoms with Crippen LogP contribution in [0.15, 0.2) is 30.5 Å². The first-order chi connectivity index (χ1) is 11.8. The zero-order valence-electron chi connectivity index (χ0n) is 13.9. The average Bonchev–Trinajstić information content (AvgIpc) is 3.43. The van der Waals surface area contributed by atoms with Gasteiger partial charge in [-0.2, -0.15) is 4.98 Å². The molecule has 128 valence electrons. The van der Waals surface area contributed by atoms with Gasteiger partial charge in [0, 0.05) is 25.0 Å². The molecular weight excluding hydrogens is 308 g/mol. The lowest BCUT2D eigenvalue weighted by Gasteiger charge is -2.13. The van der Waals surface area contributed by atoms with Crippen LogP contribution < -0.4 is 20.1 Å². The highest BCUT2D eigenvalue weighted by Crippen LogP contribution is 2.31. The third-order valence-corrected chi connectivity index (χ3v) is 3.55. The molecule has 1 aromatic heterocycles. The first-order valence-electron chi connectivity index (χ1n) is 7.99. The lowest BCUT2D eigenvalue weighted by atomic mass is 10.2. The Morgan fingerprint density at radius 3 is 2.79 bits per heavy atom. The maximum Gasteiger partial charge on any atom is 0.229 e. The third-order valence-electron chi connectivity index (χ3n) is 3.55. The number of anilines is 3. The summed E-state index contributed by atoms with van der Waals surface area (Å²) in [6.07, 6.45) is 4.44. The molecule has 24 heavy (non-hydrogen) atoms. The number of rotatable bonds is 9. The molecule has 0 bridgehead atoms. The van der Waals surface area contributed by atoms with Crippen molar-refractivity contribution in [1.29, 1.82) is 0 Å². The van der Waals surface area contributed by atoms with E-state index in [9.17, 15) is 0 Å². The van der Waals surface area contributed by atoms with Crippen LogP contribution in [-0.4, -0.2) is 43.4 Å². The molecule has 0 aliphatic heterocycles.